The van der Waals surface area contributed by atoms with Gasteiger partial charge in [0.25, 0.3) is 5.91 Å². The van der Waals surface area contributed by atoms with Crippen molar-refractivity contribution in [2.45, 2.75) is 18.9 Å². The van der Waals surface area contributed by atoms with E-state index in [1.54, 1.807) is 0 Å². The SMILES string of the molecule is CN(Cc1c(F)cccc1Cl)C(=O)COC(=O)C1CC(=O)Nc2cc(F)ccc21. The third-order valence-corrected chi connectivity index (χ3v) is 4.91. The van der Waals surface area contributed by atoms with Gasteiger partial charge in [-0.05, 0) is 29.8 Å². The van der Waals surface area contributed by atoms with E-state index in [-0.39, 0.29) is 29.2 Å². The van der Waals surface area contributed by atoms with Crippen LogP contribution in [0.15, 0.2) is 36.4 Å². The van der Waals surface area contributed by atoms with Crippen molar-refractivity contribution in [3.63, 3.8) is 0 Å². The first-order valence-electron chi connectivity index (χ1n) is 8.69. The minimum atomic E-state index is -0.946. The zero-order valence-corrected chi connectivity index (χ0v) is 16.1. The lowest BCUT2D eigenvalue weighted by Crippen LogP contribution is -2.33. The van der Waals surface area contributed by atoms with Crippen LogP contribution in [0, 0.1) is 11.6 Å². The molecule has 6 nitrogen and oxygen atoms in total. The molecular formula is C20H17ClF2N2O4. The third-order valence-electron chi connectivity index (χ3n) is 4.56. The van der Waals surface area contributed by atoms with Gasteiger partial charge in [0.15, 0.2) is 6.61 Å². The number of rotatable bonds is 5. The molecule has 2 aromatic carbocycles. The Morgan fingerprint density at radius 1 is 1.28 bits per heavy atom. The first-order chi connectivity index (χ1) is 13.8. The summed E-state index contributed by atoms with van der Waals surface area (Å²) in [6, 6.07) is 7.87. The molecule has 0 aliphatic carbocycles. The molecule has 9 heteroatoms. The highest BCUT2D eigenvalue weighted by Gasteiger charge is 2.32. The van der Waals surface area contributed by atoms with E-state index < -0.39 is 41.9 Å². The molecule has 3 rings (SSSR count). The zero-order valence-electron chi connectivity index (χ0n) is 15.4. The first-order valence-corrected chi connectivity index (χ1v) is 9.07. The Morgan fingerprint density at radius 3 is 2.76 bits per heavy atom. The summed E-state index contributed by atoms with van der Waals surface area (Å²) in [5.41, 5.74) is 0.757. The van der Waals surface area contributed by atoms with E-state index in [9.17, 15) is 23.2 Å². The van der Waals surface area contributed by atoms with Crippen LogP contribution in [0.25, 0.3) is 0 Å². The lowest BCUT2D eigenvalue weighted by Gasteiger charge is -2.24. The normalized spacial score (nSPS) is 15.3. The Hall–Kier alpha value is -3.00. The van der Waals surface area contributed by atoms with Gasteiger partial charge >= 0.3 is 5.97 Å². The number of benzene rings is 2. The largest absolute Gasteiger partial charge is 0.455 e. The molecule has 1 aliphatic rings. The van der Waals surface area contributed by atoms with Crippen LogP contribution in [-0.2, 0) is 25.7 Å². The van der Waals surface area contributed by atoms with Crippen LogP contribution in [0.5, 0.6) is 0 Å². The molecule has 1 unspecified atom stereocenters. The Kier molecular flexibility index (Phi) is 6.12. The molecule has 2 amide bonds. The monoisotopic (exact) mass is 422 g/mol. The smallest absolute Gasteiger partial charge is 0.314 e. The summed E-state index contributed by atoms with van der Waals surface area (Å²) in [7, 11) is 1.42. The number of hydrogen-bond acceptors (Lipinski definition) is 4. The molecule has 1 aliphatic heterocycles. The highest BCUT2D eigenvalue weighted by Crippen LogP contribution is 2.33. The number of nitrogens with zero attached hydrogens (tertiary/aromatic N) is 1. The number of carbonyl (C=O) groups excluding carboxylic acids is 3. The molecule has 152 valence electrons. The number of fused-ring (bicyclic) bond motifs is 1. The number of nitrogens with one attached hydrogen (secondary N) is 1. The fourth-order valence-corrected chi connectivity index (χ4v) is 3.22. The maximum Gasteiger partial charge on any atom is 0.314 e. The molecule has 0 radical (unpaired) electrons. The Morgan fingerprint density at radius 2 is 2.03 bits per heavy atom. The minimum Gasteiger partial charge on any atom is -0.455 e. The lowest BCUT2D eigenvalue weighted by atomic mass is 9.90. The molecular weight excluding hydrogens is 406 g/mol. The van der Waals surface area contributed by atoms with Gasteiger partial charge in [-0.15, -0.1) is 0 Å². The van der Waals surface area contributed by atoms with Crippen LogP contribution in [0.2, 0.25) is 5.02 Å². The Labute approximate surface area is 170 Å². The predicted molar refractivity (Wildman–Crippen MR) is 101 cm³/mol. The van der Waals surface area contributed by atoms with Gasteiger partial charge in [0.2, 0.25) is 5.91 Å². The highest BCUT2D eigenvalue weighted by atomic mass is 35.5. The molecule has 1 heterocycles. The molecule has 0 aromatic heterocycles. The van der Waals surface area contributed by atoms with Crippen LogP contribution in [0.4, 0.5) is 14.5 Å². The van der Waals surface area contributed by atoms with E-state index in [0.29, 0.717) is 5.56 Å². The fraction of sp³-hybridized carbons (Fsp3) is 0.250. The number of carbonyl (C=O) groups is 3. The average Bonchev–Trinajstić information content (AvgIpc) is 2.67. The van der Waals surface area contributed by atoms with E-state index in [1.807, 2.05) is 0 Å². The van der Waals surface area contributed by atoms with E-state index >= 15 is 0 Å². The van der Waals surface area contributed by atoms with Crippen molar-refractivity contribution in [3.05, 3.63) is 64.2 Å². The van der Waals surface area contributed by atoms with Crippen molar-refractivity contribution >= 4 is 35.1 Å². The lowest BCUT2D eigenvalue weighted by molar-refractivity contribution is -0.153. The van der Waals surface area contributed by atoms with E-state index in [0.717, 1.165) is 6.07 Å². The number of hydrogen-bond donors (Lipinski definition) is 1. The second-order valence-electron chi connectivity index (χ2n) is 6.59. The predicted octanol–water partition coefficient (Wildman–Crippen LogP) is 3.25. The van der Waals surface area contributed by atoms with Crippen LogP contribution >= 0.6 is 11.6 Å². The summed E-state index contributed by atoms with van der Waals surface area (Å²) in [5.74, 6) is -3.86. The highest BCUT2D eigenvalue weighted by molar-refractivity contribution is 6.31. The molecule has 1 N–H and O–H groups in total. The maximum absolute atomic E-state index is 13.9. The van der Waals surface area contributed by atoms with Gasteiger partial charge in [-0.25, -0.2) is 8.78 Å². The Bertz CT molecular complexity index is 963. The number of likely N-dealkylation sites (N-methyl/N-ethyl adjacent to an activating group) is 1. The van der Waals surface area contributed by atoms with Gasteiger partial charge in [-0.2, -0.15) is 0 Å². The standard InChI is InChI=1S/C20H17ClF2N2O4/c1-25(9-14-15(21)3-2-4-16(14)23)19(27)10-29-20(28)13-8-18(26)24-17-7-11(22)5-6-12(13)17/h2-7,13H,8-10H2,1H3,(H,24,26). The Balaban J connectivity index is 1.63. The van der Waals surface area contributed by atoms with Crippen LogP contribution in [0.1, 0.15) is 23.5 Å². The molecule has 1 atom stereocenters. The van der Waals surface area contributed by atoms with Gasteiger partial charge in [0.1, 0.15) is 11.6 Å². The zero-order chi connectivity index (χ0) is 21.1. The topological polar surface area (TPSA) is 75.7 Å². The van der Waals surface area contributed by atoms with E-state index in [2.05, 4.69) is 5.32 Å². The summed E-state index contributed by atoms with van der Waals surface area (Å²) in [5, 5.41) is 2.68. The number of amides is 2. The third kappa shape index (κ3) is 4.71. The number of halogens is 3. The van der Waals surface area contributed by atoms with E-state index in [4.69, 9.17) is 16.3 Å². The molecule has 0 spiro atoms. The van der Waals surface area contributed by atoms with Crippen LogP contribution in [0.3, 0.4) is 0 Å². The molecule has 0 fully saturated rings. The molecule has 0 bridgehead atoms. The summed E-state index contributed by atoms with van der Waals surface area (Å²) in [6.45, 7) is -0.689. The number of anilines is 1. The quantitative estimate of drug-likeness (QED) is 0.750. The summed E-state index contributed by atoms with van der Waals surface area (Å²) in [4.78, 5) is 37.7. The second-order valence-corrected chi connectivity index (χ2v) is 7.00. The van der Waals surface area contributed by atoms with E-state index in [1.165, 1.54) is 42.3 Å². The minimum absolute atomic E-state index is 0.101. The van der Waals surface area contributed by atoms with Crippen molar-refractivity contribution in [2.75, 3.05) is 19.0 Å². The first kappa shape index (κ1) is 20.7. The summed E-state index contributed by atoms with van der Waals surface area (Å²) in [6.07, 6.45) is -0.174. The number of esters is 1. The van der Waals surface area contributed by atoms with Crippen LogP contribution < -0.4 is 5.32 Å². The average molecular weight is 423 g/mol. The molecule has 0 saturated heterocycles. The van der Waals surface area contributed by atoms with Gasteiger partial charge in [-0.3, -0.25) is 14.4 Å². The van der Waals surface area contributed by atoms with Crippen molar-refractivity contribution in [1.29, 1.82) is 0 Å². The van der Waals surface area contributed by atoms with Gasteiger partial charge < -0.3 is 15.0 Å². The summed E-state index contributed by atoms with van der Waals surface area (Å²) < 4.78 is 32.3. The van der Waals surface area contributed by atoms with Crippen molar-refractivity contribution in [2.24, 2.45) is 0 Å². The fourth-order valence-electron chi connectivity index (χ4n) is 3.00. The van der Waals surface area contributed by atoms with Crippen LogP contribution in [-0.4, -0.2) is 36.3 Å². The van der Waals surface area contributed by atoms with Crippen molar-refractivity contribution < 1.29 is 27.9 Å². The number of ether oxygens (including phenoxy) is 1. The van der Waals surface area contributed by atoms with Crippen molar-refractivity contribution in [3.8, 4) is 0 Å². The van der Waals surface area contributed by atoms with Gasteiger partial charge in [-0.1, -0.05) is 23.7 Å². The second kappa shape index (κ2) is 8.57. The maximum atomic E-state index is 13.9. The molecule has 0 saturated carbocycles. The molecule has 29 heavy (non-hydrogen) atoms. The van der Waals surface area contributed by atoms with Gasteiger partial charge in [0.05, 0.1) is 5.92 Å². The summed E-state index contributed by atoms with van der Waals surface area (Å²) >= 11 is 5.95. The molecule has 2 aromatic rings. The van der Waals surface area contributed by atoms with Crippen molar-refractivity contribution in [1.82, 2.24) is 4.90 Å². The van der Waals surface area contributed by atoms with Gasteiger partial charge in [0, 0.05) is 36.3 Å².